The molecular weight excluding hydrogens is 340 g/mol. The SMILES string of the molecule is Cc1ccccc1N1CC(C(C)N(C)c2ccccc2C)c2c(C)cccc21. The molecule has 3 aromatic rings. The molecule has 0 amide bonds. The van der Waals surface area contributed by atoms with Crippen LogP contribution in [0.1, 0.15) is 35.1 Å². The summed E-state index contributed by atoms with van der Waals surface area (Å²) >= 11 is 0. The molecule has 28 heavy (non-hydrogen) atoms. The van der Waals surface area contributed by atoms with Gasteiger partial charge in [0, 0.05) is 42.6 Å². The molecule has 2 nitrogen and oxygen atoms in total. The Labute approximate surface area is 169 Å². The van der Waals surface area contributed by atoms with Crippen molar-refractivity contribution < 1.29 is 0 Å². The summed E-state index contributed by atoms with van der Waals surface area (Å²) in [6, 6.07) is 24.6. The van der Waals surface area contributed by atoms with Gasteiger partial charge in [0.25, 0.3) is 0 Å². The van der Waals surface area contributed by atoms with Crippen LogP contribution >= 0.6 is 0 Å². The van der Waals surface area contributed by atoms with Gasteiger partial charge in [-0.05, 0) is 68.1 Å². The number of anilines is 3. The van der Waals surface area contributed by atoms with Crippen LogP contribution in [0, 0.1) is 20.8 Å². The summed E-state index contributed by atoms with van der Waals surface area (Å²) in [6.45, 7) is 10.1. The first-order chi connectivity index (χ1) is 13.5. The standard InChI is InChI=1S/C26H30N2/c1-18-11-6-8-14-23(18)27(5)21(4)22-17-28(24-15-9-7-12-19(24)2)25-16-10-13-20(3)26(22)25/h6-16,21-22H,17H2,1-5H3. The zero-order chi connectivity index (χ0) is 19.8. The van der Waals surface area contributed by atoms with Crippen molar-refractivity contribution in [1.82, 2.24) is 0 Å². The molecule has 1 heterocycles. The van der Waals surface area contributed by atoms with E-state index in [0.717, 1.165) is 6.54 Å². The fourth-order valence-electron chi connectivity index (χ4n) is 4.71. The van der Waals surface area contributed by atoms with Crippen LogP contribution in [0.25, 0.3) is 0 Å². The van der Waals surface area contributed by atoms with Crippen molar-refractivity contribution in [2.45, 2.75) is 39.7 Å². The van der Waals surface area contributed by atoms with Crippen molar-refractivity contribution in [3.05, 3.63) is 89.0 Å². The molecule has 0 saturated heterocycles. The Hall–Kier alpha value is -2.74. The number of para-hydroxylation sites is 2. The first kappa shape index (κ1) is 18.6. The summed E-state index contributed by atoms with van der Waals surface area (Å²) in [7, 11) is 2.24. The van der Waals surface area contributed by atoms with Gasteiger partial charge in [0.2, 0.25) is 0 Å². The van der Waals surface area contributed by atoms with E-state index in [1.54, 1.807) is 0 Å². The molecule has 0 aromatic heterocycles. The van der Waals surface area contributed by atoms with Gasteiger partial charge in [-0.3, -0.25) is 0 Å². The first-order valence-electron chi connectivity index (χ1n) is 10.2. The molecular formula is C26H30N2. The maximum Gasteiger partial charge on any atom is 0.0450 e. The molecule has 1 aliphatic heterocycles. The molecule has 0 radical (unpaired) electrons. The summed E-state index contributed by atoms with van der Waals surface area (Å²) in [4.78, 5) is 4.97. The molecule has 0 bridgehead atoms. The minimum absolute atomic E-state index is 0.398. The summed E-state index contributed by atoms with van der Waals surface area (Å²) in [5.74, 6) is 0.459. The molecule has 4 rings (SSSR count). The molecule has 0 N–H and O–H groups in total. The lowest BCUT2D eigenvalue weighted by Gasteiger charge is -2.33. The van der Waals surface area contributed by atoms with Crippen LogP contribution in [-0.4, -0.2) is 19.6 Å². The Morgan fingerprint density at radius 1 is 0.786 bits per heavy atom. The summed E-state index contributed by atoms with van der Waals surface area (Å²) < 4.78 is 0. The molecule has 0 saturated carbocycles. The van der Waals surface area contributed by atoms with Crippen LogP contribution < -0.4 is 9.80 Å². The topological polar surface area (TPSA) is 6.48 Å². The molecule has 2 heteroatoms. The monoisotopic (exact) mass is 370 g/mol. The van der Waals surface area contributed by atoms with E-state index in [0.29, 0.717) is 12.0 Å². The number of rotatable bonds is 4. The predicted molar refractivity (Wildman–Crippen MR) is 121 cm³/mol. The summed E-state index contributed by atoms with van der Waals surface area (Å²) in [5.41, 5.74) is 9.56. The molecule has 0 fully saturated rings. The van der Waals surface area contributed by atoms with E-state index >= 15 is 0 Å². The van der Waals surface area contributed by atoms with Crippen LogP contribution in [0.2, 0.25) is 0 Å². The van der Waals surface area contributed by atoms with Gasteiger partial charge >= 0.3 is 0 Å². The highest BCUT2D eigenvalue weighted by Crippen LogP contribution is 2.46. The number of likely N-dealkylation sites (N-methyl/N-ethyl adjacent to an activating group) is 1. The van der Waals surface area contributed by atoms with E-state index < -0.39 is 0 Å². The van der Waals surface area contributed by atoms with E-state index in [1.807, 2.05) is 0 Å². The molecule has 1 aliphatic rings. The number of nitrogens with zero attached hydrogens (tertiary/aromatic N) is 2. The number of fused-ring (bicyclic) bond motifs is 1. The molecule has 0 spiro atoms. The van der Waals surface area contributed by atoms with Crippen molar-refractivity contribution in [2.75, 3.05) is 23.4 Å². The van der Waals surface area contributed by atoms with E-state index in [2.05, 4.69) is 111 Å². The van der Waals surface area contributed by atoms with Crippen LogP contribution in [0.3, 0.4) is 0 Å². The Bertz CT molecular complexity index is 991. The third-order valence-electron chi connectivity index (χ3n) is 6.44. The van der Waals surface area contributed by atoms with Gasteiger partial charge < -0.3 is 9.80 Å². The van der Waals surface area contributed by atoms with Gasteiger partial charge in [-0.1, -0.05) is 48.5 Å². The maximum atomic E-state index is 2.52. The summed E-state index contributed by atoms with van der Waals surface area (Å²) in [5, 5.41) is 0. The number of hydrogen-bond donors (Lipinski definition) is 0. The van der Waals surface area contributed by atoms with E-state index in [9.17, 15) is 0 Å². The van der Waals surface area contributed by atoms with Crippen molar-refractivity contribution in [3.8, 4) is 0 Å². The summed E-state index contributed by atoms with van der Waals surface area (Å²) in [6.07, 6.45) is 0. The third-order valence-corrected chi connectivity index (χ3v) is 6.44. The smallest absolute Gasteiger partial charge is 0.0450 e. The van der Waals surface area contributed by atoms with Crippen molar-refractivity contribution in [2.24, 2.45) is 0 Å². The van der Waals surface area contributed by atoms with Crippen LogP contribution in [0.5, 0.6) is 0 Å². The molecule has 144 valence electrons. The Balaban J connectivity index is 1.75. The minimum Gasteiger partial charge on any atom is -0.371 e. The second kappa shape index (κ2) is 7.35. The van der Waals surface area contributed by atoms with Gasteiger partial charge in [-0.2, -0.15) is 0 Å². The van der Waals surface area contributed by atoms with Crippen molar-refractivity contribution >= 4 is 17.1 Å². The molecule has 3 aromatic carbocycles. The minimum atomic E-state index is 0.398. The Kier molecular flexibility index (Phi) is 4.89. The highest BCUT2D eigenvalue weighted by molar-refractivity contribution is 5.75. The van der Waals surface area contributed by atoms with Crippen molar-refractivity contribution in [3.63, 3.8) is 0 Å². The number of aryl methyl sites for hydroxylation is 3. The second-order valence-corrected chi connectivity index (χ2v) is 8.15. The van der Waals surface area contributed by atoms with E-state index in [-0.39, 0.29) is 0 Å². The van der Waals surface area contributed by atoms with Gasteiger partial charge in [0.15, 0.2) is 0 Å². The zero-order valence-electron chi connectivity index (χ0n) is 17.6. The fraction of sp³-hybridized carbons (Fsp3) is 0.308. The van der Waals surface area contributed by atoms with Crippen LogP contribution in [0.15, 0.2) is 66.7 Å². The van der Waals surface area contributed by atoms with Gasteiger partial charge in [-0.25, -0.2) is 0 Å². The Morgan fingerprint density at radius 3 is 2.11 bits per heavy atom. The predicted octanol–water partition coefficient (Wildman–Crippen LogP) is 6.37. The average Bonchev–Trinajstić information content (AvgIpc) is 3.08. The lowest BCUT2D eigenvalue weighted by atomic mass is 9.90. The lowest BCUT2D eigenvalue weighted by molar-refractivity contribution is 0.566. The quantitative estimate of drug-likeness (QED) is 0.526. The maximum absolute atomic E-state index is 2.52. The molecule has 2 atom stereocenters. The molecule has 2 unspecified atom stereocenters. The second-order valence-electron chi connectivity index (χ2n) is 8.15. The van der Waals surface area contributed by atoms with E-state index in [1.165, 1.54) is 39.3 Å². The van der Waals surface area contributed by atoms with Gasteiger partial charge in [-0.15, -0.1) is 0 Å². The lowest BCUT2D eigenvalue weighted by Crippen LogP contribution is -2.36. The highest BCUT2D eigenvalue weighted by atomic mass is 15.2. The zero-order valence-corrected chi connectivity index (χ0v) is 17.6. The number of hydrogen-bond acceptors (Lipinski definition) is 2. The van der Waals surface area contributed by atoms with Gasteiger partial charge in [0.05, 0.1) is 0 Å². The van der Waals surface area contributed by atoms with Crippen LogP contribution in [0.4, 0.5) is 17.1 Å². The van der Waals surface area contributed by atoms with Gasteiger partial charge in [0.1, 0.15) is 0 Å². The van der Waals surface area contributed by atoms with Crippen molar-refractivity contribution in [1.29, 1.82) is 0 Å². The highest BCUT2D eigenvalue weighted by Gasteiger charge is 2.36. The third kappa shape index (κ3) is 3.07. The molecule has 0 aliphatic carbocycles. The first-order valence-corrected chi connectivity index (χ1v) is 10.2. The number of benzene rings is 3. The normalized spacial score (nSPS) is 16.8. The van der Waals surface area contributed by atoms with E-state index in [4.69, 9.17) is 0 Å². The Morgan fingerprint density at radius 2 is 1.39 bits per heavy atom. The van der Waals surface area contributed by atoms with Crippen LogP contribution in [-0.2, 0) is 0 Å². The average molecular weight is 371 g/mol. The largest absolute Gasteiger partial charge is 0.371 e. The fourth-order valence-corrected chi connectivity index (χ4v) is 4.71.